The van der Waals surface area contributed by atoms with Crippen molar-refractivity contribution < 1.29 is 28.1 Å². The van der Waals surface area contributed by atoms with Crippen LogP contribution in [0.5, 0.6) is 17.2 Å². The van der Waals surface area contributed by atoms with Crippen LogP contribution >= 0.6 is 0 Å². The number of alkyl halides is 2. The van der Waals surface area contributed by atoms with Gasteiger partial charge in [0.25, 0.3) is 0 Å². The SMILES string of the molecule is CCNC(=NCc1cc2c(cc1OC(F)F)OCO2)NCCO. The molecular weight excluding hydrogens is 312 g/mol. The first-order valence-electron chi connectivity index (χ1n) is 7.14. The van der Waals surface area contributed by atoms with Crippen molar-refractivity contribution in [1.82, 2.24) is 10.6 Å². The molecule has 1 aliphatic rings. The van der Waals surface area contributed by atoms with E-state index in [0.717, 1.165) is 0 Å². The number of aliphatic hydroxyl groups is 1. The quantitative estimate of drug-likeness (QED) is 0.512. The van der Waals surface area contributed by atoms with Gasteiger partial charge < -0.3 is 30.0 Å². The average molecular weight is 331 g/mol. The van der Waals surface area contributed by atoms with Crippen LogP contribution < -0.4 is 24.8 Å². The molecule has 23 heavy (non-hydrogen) atoms. The fourth-order valence-electron chi connectivity index (χ4n) is 1.97. The van der Waals surface area contributed by atoms with Gasteiger partial charge in [0.2, 0.25) is 6.79 Å². The molecule has 128 valence electrons. The number of nitrogens with one attached hydrogen (secondary N) is 2. The molecule has 3 N–H and O–H groups in total. The Balaban J connectivity index is 2.19. The molecule has 1 aliphatic heterocycles. The second kappa shape index (κ2) is 8.37. The van der Waals surface area contributed by atoms with Crippen molar-refractivity contribution in [1.29, 1.82) is 0 Å². The second-order valence-corrected chi connectivity index (χ2v) is 4.54. The summed E-state index contributed by atoms with van der Waals surface area (Å²) in [7, 11) is 0. The third kappa shape index (κ3) is 4.85. The molecule has 1 heterocycles. The van der Waals surface area contributed by atoms with Crippen molar-refractivity contribution in [3.05, 3.63) is 17.7 Å². The van der Waals surface area contributed by atoms with Crippen molar-refractivity contribution >= 4 is 5.96 Å². The zero-order chi connectivity index (χ0) is 16.7. The zero-order valence-corrected chi connectivity index (χ0v) is 12.6. The van der Waals surface area contributed by atoms with Gasteiger partial charge in [0.1, 0.15) is 5.75 Å². The summed E-state index contributed by atoms with van der Waals surface area (Å²) in [5.41, 5.74) is 0.441. The molecule has 0 amide bonds. The van der Waals surface area contributed by atoms with Crippen LogP contribution in [0.15, 0.2) is 17.1 Å². The van der Waals surface area contributed by atoms with Gasteiger partial charge in [-0.25, -0.2) is 4.99 Å². The van der Waals surface area contributed by atoms with E-state index < -0.39 is 6.61 Å². The van der Waals surface area contributed by atoms with Gasteiger partial charge in [-0.1, -0.05) is 0 Å². The third-order valence-corrected chi connectivity index (χ3v) is 2.93. The standard InChI is InChI=1S/C14H19F2N3O4/c1-2-17-14(18-3-4-20)19-7-9-5-11-12(22-8-21-11)6-10(9)23-13(15)16/h5-6,13,20H,2-4,7-8H2,1H3,(H2,17,18,19). The lowest BCUT2D eigenvalue weighted by Gasteiger charge is -2.13. The van der Waals surface area contributed by atoms with Crippen LogP contribution in [-0.4, -0.2) is 44.2 Å². The van der Waals surface area contributed by atoms with E-state index in [2.05, 4.69) is 20.4 Å². The minimum absolute atomic E-state index is 0.00833. The highest BCUT2D eigenvalue weighted by molar-refractivity contribution is 5.79. The number of hydrogen-bond donors (Lipinski definition) is 3. The van der Waals surface area contributed by atoms with Gasteiger partial charge in [-0.2, -0.15) is 8.78 Å². The van der Waals surface area contributed by atoms with E-state index in [4.69, 9.17) is 14.6 Å². The van der Waals surface area contributed by atoms with Crippen LogP contribution in [0, 0.1) is 0 Å². The summed E-state index contributed by atoms with van der Waals surface area (Å²) in [6.45, 7) is -0.0162. The van der Waals surface area contributed by atoms with Crippen LogP contribution in [0.4, 0.5) is 8.78 Å². The number of benzene rings is 1. The Morgan fingerprint density at radius 3 is 2.74 bits per heavy atom. The Labute approximate surface area is 132 Å². The highest BCUT2D eigenvalue weighted by Gasteiger charge is 2.20. The van der Waals surface area contributed by atoms with Gasteiger partial charge in [-0.15, -0.1) is 0 Å². The van der Waals surface area contributed by atoms with Gasteiger partial charge >= 0.3 is 6.61 Å². The molecule has 7 nitrogen and oxygen atoms in total. The molecule has 0 spiro atoms. The lowest BCUT2D eigenvalue weighted by molar-refractivity contribution is -0.0505. The van der Waals surface area contributed by atoms with E-state index >= 15 is 0 Å². The minimum atomic E-state index is -2.95. The molecule has 0 saturated carbocycles. The minimum Gasteiger partial charge on any atom is -0.454 e. The topological polar surface area (TPSA) is 84.3 Å². The highest BCUT2D eigenvalue weighted by atomic mass is 19.3. The molecule has 0 atom stereocenters. The van der Waals surface area contributed by atoms with Crippen LogP contribution in [-0.2, 0) is 6.54 Å². The summed E-state index contributed by atoms with van der Waals surface area (Å²) in [6, 6.07) is 2.94. The number of aliphatic hydroxyl groups excluding tert-OH is 1. The van der Waals surface area contributed by atoms with E-state index in [0.29, 0.717) is 36.1 Å². The maximum Gasteiger partial charge on any atom is 0.387 e. The monoisotopic (exact) mass is 331 g/mol. The van der Waals surface area contributed by atoms with Crippen LogP contribution in [0.25, 0.3) is 0 Å². The van der Waals surface area contributed by atoms with Crippen LogP contribution in [0.2, 0.25) is 0 Å². The molecule has 0 unspecified atom stereocenters. The van der Waals surface area contributed by atoms with E-state index in [9.17, 15) is 8.78 Å². The maximum atomic E-state index is 12.6. The van der Waals surface area contributed by atoms with E-state index in [1.165, 1.54) is 6.07 Å². The predicted molar refractivity (Wildman–Crippen MR) is 79.1 cm³/mol. The first-order valence-corrected chi connectivity index (χ1v) is 7.14. The number of fused-ring (bicyclic) bond motifs is 1. The van der Waals surface area contributed by atoms with Crippen LogP contribution in [0.3, 0.4) is 0 Å². The second-order valence-electron chi connectivity index (χ2n) is 4.54. The molecule has 1 aromatic rings. The molecular formula is C14H19F2N3O4. The zero-order valence-electron chi connectivity index (χ0n) is 12.6. The van der Waals surface area contributed by atoms with Crippen molar-refractivity contribution in [2.75, 3.05) is 26.5 Å². The summed E-state index contributed by atoms with van der Waals surface area (Å²) >= 11 is 0. The largest absolute Gasteiger partial charge is 0.454 e. The lowest BCUT2D eigenvalue weighted by Crippen LogP contribution is -2.38. The van der Waals surface area contributed by atoms with E-state index in [-0.39, 0.29) is 25.7 Å². The molecule has 0 saturated heterocycles. The number of rotatable bonds is 7. The molecule has 1 aromatic carbocycles. The molecule has 0 aliphatic carbocycles. The first kappa shape index (κ1) is 17.1. The van der Waals surface area contributed by atoms with Gasteiger partial charge in [-0.3, -0.25) is 0 Å². The third-order valence-electron chi connectivity index (χ3n) is 2.93. The number of hydrogen-bond acceptors (Lipinski definition) is 5. The number of ether oxygens (including phenoxy) is 3. The molecule has 0 fully saturated rings. The van der Waals surface area contributed by atoms with Gasteiger partial charge in [-0.05, 0) is 13.0 Å². The Kier molecular flexibility index (Phi) is 6.21. The Morgan fingerprint density at radius 1 is 1.35 bits per heavy atom. The summed E-state index contributed by atoms with van der Waals surface area (Å²) in [6.07, 6.45) is 0. The van der Waals surface area contributed by atoms with Crippen molar-refractivity contribution in [3.63, 3.8) is 0 Å². The predicted octanol–water partition coefficient (Wildman–Crippen LogP) is 1.06. The fraction of sp³-hybridized carbons (Fsp3) is 0.500. The molecule has 0 bridgehead atoms. The number of halogens is 2. The number of aliphatic imine (C=N–C) groups is 1. The van der Waals surface area contributed by atoms with Crippen molar-refractivity contribution in [2.45, 2.75) is 20.1 Å². The van der Waals surface area contributed by atoms with Crippen LogP contribution in [0.1, 0.15) is 12.5 Å². The Morgan fingerprint density at radius 2 is 2.09 bits per heavy atom. The van der Waals surface area contributed by atoms with Crippen molar-refractivity contribution in [2.24, 2.45) is 4.99 Å². The summed E-state index contributed by atoms with van der Waals surface area (Å²) in [4.78, 5) is 4.28. The molecule has 2 rings (SSSR count). The van der Waals surface area contributed by atoms with Crippen molar-refractivity contribution in [3.8, 4) is 17.2 Å². The van der Waals surface area contributed by atoms with Gasteiger partial charge in [0.15, 0.2) is 17.5 Å². The van der Waals surface area contributed by atoms with E-state index in [1.807, 2.05) is 6.92 Å². The fourth-order valence-corrected chi connectivity index (χ4v) is 1.97. The Bertz CT molecular complexity index is 555. The van der Waals surface area contributed by atoms with Gasteiger partial charge in [0, 0.05) is 24.7 Å². The first-order chi connectivity index (χ1) is 11.1. The summed E-state index contributed by atoms with van der Waals surface area (Å²) < 4.78 is 40.0. The normalized spacial score (nSPS) is 13.3. The number of guanidine groups is 1. The average Bonchev–Trinajstić information content (AvgIpc) is 2.96. The summed E-state index contributed by atoms with van der Waals surface area (Å²) in [5, 5.41) is 14.7. The van der Waals surface area contributed by atoms with Gasteiger partial charge in [0.05, 0.1) is 13.2 Å². The molecule has 0 radical (unpaired) electrons. The van der Waals surface area contributed by atoms with E-state index in [1.54, 1.807) is 6.07 Å². The highest BCUT2D eigenvalue weighted by Crippen LogP contribution is 2.38. The molecule has 9 heteroatoms. The maximum absolute atomic E-state index is 12.6. The molecule has 0 aromatic heterocycles. The summed E-state index contributed by atoms with van der Waals surface area (Å²) in [5.74, 6) is 1.28. The Hall–Kier alpha value is -2.29. The lowest BCUT2D eigenvalue weighted by atomic mass is 10.1. The number of nitrogens with zero attached hydrogens (tertiary/aromatic N) is 1. The smallest absolute Gasteiger partial charge is 0.387 e.